The van der Waals surface area contributed by atoms with E-state index in [-0.39, 0.29) is 18.7 Å². The third-order valence-electron chi connectivity index (χ3n) is 3.25. The molecule has 6 nitrogen and oxygen atoms in total. The highest BCUT2D eigenvalue weighted by Gasteiger charge is 2.22. The summed E-state index contributed by atoms with van der Waals surface area (Å²) in [7, 11) is 0. The van der Waals surface area contributed by atoms with E-state index < -0.39 is 11.8 Å². The second kappa shape index (κ2) is 6.97. The van der Waals surface area contributed by atoms with Gasteiger partial charge in [-0.15, -0.1) is 0 Å². The molecule has 1 aliphatic heterocycles. The van der Waals surface area contributed by atoms with Crippen LogP contribution in [0.1, 0.15) is 20.3 Å². The van der Waals surface area contributed by atoms with Crippen molar-refractivity contribution in [1.82, 2.24) is 10.6 Å². The van der Waals surface area contributed by atoms with Crippen molar-refractivity contribution >= 4 is 11.8 Å². The van der Waals surface area contributed by atoms with Crippen LogP contribution in [0.25, 0.3) is 0 Å². The van der Waals surface area contributed by atoms with Crippen molar-refractivity contribution in [3.8, 4) is 11.5 Å². The Hall–Kier alpha value is -2.24. The summed E-state index contributed by atoms with van der Waals surface area (Å²) in [6.07, 6.45) is 0.468. The lowest BCUT2D eigenvalue weighted by Gasteiger charge is -2.26. The van der Waals surface area contributed by atoms with Crippen LogP contribution in [-0.2, 0) is 9.59 Å². The first kappa shape index (κ1) is 15.2. The summed E-state index contributed by atoms with van der Waals surface area (Å²) >= 11 is 0. The Morgan fingerprint density at radius 1 is 1.29 bits per heavy atom. The van der Waals surface area contributed by atoms with E-state index in [0.29, 0.717) is 18.1 Å². The third kappa shape index (κ3) is 4.11. The molecule has 1 heterocycles. The first-order valence-electron chi connectivity index (χ1n) is 7.07. The molecule has 2 rings (SSSR count). The molecule has 114 valence electrons. The first-order valence-corrected chi connectivity index (χ1v) is 7.07. The molecule has 1 aliphatic rings. The Morgan fingerprint density at radius 2 is 2.00 bits per heavy atom. The number of para-hydroxylation sites is 2. The molecule has 2 amide bonds. The van der Waals surface area contributed by atoms with Crippen molar-refractivity contribution in [3.63, 3.8) is 0 Å². The number of fused-ring (bicyclic) bond motifs is 1. The van der Waals surface area contributed by atoms with Gasteiger partial charge in [0.1, 0.15) is 12.7 Å². The fraction of sp³-hybridized carbons (Fsp3) is 0.467. The number of carbonyl (C=O) groups excluding carboxylic acids is 2. The third-order valence-corrected chi connectivity index (χ3v) is 3.25. The van der Waals surface area contributed by atoms with Gasteiger partial charge in [0.25, 0.3) is 0 Å². The van der Waals surface area contributed by atoms with E-state index in [4.69, 9.17) is 9.47 Å². The summed E-state index contributed by atoms with van der Waals surface area (Å²) in [5, 5.41) is 5.17. The van der Waals surface area contributed by atoms with Crippen LogP contribution in [-0.4, -0.2) is 37.1 Å². The number of hydrogen-bond donors (Lipinski definition) is 2. The molecule has 2 N–H and O–H groups in total. The van der Waals surface area contributed by atoms with E-state index in [1.807, 2.05) is 32.0 Å². The number of ether oxygens (including phenoxy) is 2. The largest absolute Gasteiger partial charge is 0.486 e. The minimum absolute atomic E-state index is 0.0237. The van der Waals surface area contributed by atoms with Crippen LogP contribution in [0, 0.1) is 0 Å². The zero-order chi connectivity index (χ0) is 15.2. The summed E-state index contributed by atoms with van der Waals surface area (Å²) in [4.78, 5) is 23.3. The average Bonchev–Trinajstić information content (AvgIpc) is 2.52. The molecule has 0 saturated carbocycles. The van der Waals surface area contributed by atoms with Crippen LogP contribution in [0.15, 0.2) is 24.3 Å². The summed E-state index contributed by atoms with van der Waals surface area (Å²) in [6, 6.07) is 7.32. The molecule has 0 unspecified atom stereocenters. The molecule has 0 aliphatic carbocycles. The van der Waals surface area contributed by atoms with Crippen LogP contribution in [0.3, 0.4) is 0 Å². The number of hydrogen-bond acceptors (Lipinski definition) is 4. The van der Waals surface area contributed by atoms with Crippen LogP contribution < -0.4 is 20.1 Å². The van der Waals surface area contributed by atoms with Gasteiger partial charge in [0.05, 0.1) is 6.54 Å². The molecular formula is C15H20N2O4. The summed E-state index contributed by atoms with van der Waals surface area (Å²) in [5.74, 6) is 0.0564. The van der Waals surface area contributed by atoms with Gasteiger partial charge in [-0.3, -0.25) is 9.59 Å². The predicted molar refractivity (Wildman–Crippen MR) is 77.3 cm³/mol. The molecule has 2 atom stereocenters. The van der Waals surface area contributed by atoms with E-state index >= 15 is 0 Å². The number of benzene rings is 1. The molecule has 0 spiro atoms. The van der Waals surface area contributed by atoms with Gasteiger partial charge >= 0.3 is 11.8 Å². The van der Waals surface area contributed by atoms with E-state index in [9.17, 15) is 9.59 Å². The molecule has 0 radical (unpaired) electrons. The minimum atomic E-state index is -0.655. The monoisotopic (exact) mass is 292 g/mol. The Balaban J connectivity index is 1.79. The maximum atomic E-state index is 11.7. The molecule has 0 aromatic heterocycles. The lowest BCUT2D eigenvalue weighted by molar-refractivity contribution is -0.139. The Morgan fingerprint density at radius 3 is 2.71 bits per heavy atom. The number of carbonyl (C=O) groups is 2. The highest BCUT2D eigenvalue weighted by atomic mass is 16.6. The van der Waals surface area contributed by atoms with Gasteiger partial charge in [0.2, 0.25) is 0 Å². The highest BCUT2D eigenvalue weighted by molar-refractivity contribution is 6.35. The smallest absolute Gasteiger partial charge is 0.309 e. The van der Waals surface area contributed by atoms with Crippen molar-refractivity contribution in [3.05, 3.63) is 24.3 Å². The normalized spacial score (nSPS) is 17.7. The highest BCUT2D eigenvalue weighted by Crippen LogP contribution is 2.30. The second-order valence-electron chi connectivity index (χ2n) is 4.99. The van der Waals surface area contributed by atoms with Gasteiger partial charge in [0.15, 0.2) is 11.5 Å². The van der Waals surface area contributed by atoms with Gasteiger partial charge in [-0.05, 0) is 25.5 Å². The molecule has 0 fully saturated rings. The fourth-order valence-electron chi connectivity index (χ4n) is 1.84. The van der Waals surface area contributed by atoms with Crippen molar-refractivity contribution in [2.75, 3.05) is 13.2 Å². The summed E-state index contributed by atoms with van der Waals surface area (Å²) < 4.78 is 11.2. The minimum Gasteiger partial charge on any atom is -0.486 e. The summed E-state index contributed by atoms with van der Waals surface area (Å²) in [6.45, 7) is 4.35. The topological polar surface area (TPSA) is 76.7 Å². The SMILES string of the molecule is CC[C@@H](C)NC(=O)C(=O)NC[C@@H]1COc2ccccc2O1. The van der Waals surface area contributed by atoms with E-state index in [1.54, 1.807) is 6.07 Å². The maximum Gasteiger partial charge on any atom is 0.309 e. The predicted octanol–water partition coefficient (Wildman–Crippen LogP) is 0.857. The molecule has 0 saturated heterocycles. The molecule has 0 bridgehead atoms. The van der Waals surface area contributed by atoms with Crippen molar-refractivity contribution < 1.29 is 19.1 Å². The van der Waals surface area contributed by atoms with Gasteiger partial charge in [-0.2, -0.15) is 0 Å². The lowest BCUT2D eigenvalue weighted by Crippen LogP contribution is -2.47. The van der Waals surface area contributed by atoms with Crippen LogP contribution >= 0.6 is 0 Å². The van der Waals surface area contributed by atoms with E-state index in [1.165, 1.54) is 0 Å². The molecule has 6 heteroatoms. The van der Waals surface area contributed by atoms with Crippen molar-refractivity contribution in [2.45, 2.75) is 32.4 Å². The number of rotatable bonds is 4. The molecular weight excluding hydrogens is 272 g/mol. The van der Waals surface area contributed by atoms with Gasteiger partial charge < -0.3 is 20.1 Å². The fourth-order valence-corrected chi connectivity index (χ4v) is 1.84. The van der Waals surface area contributed by atoms with Gasteiger partial charge in [-0.25, -0.2) is 0 Å². The lowest BCUT2D eigenvalue weighted by atomic mass is 10.2. The zero-order valence-corrected chi connectivity index (χ0v) is 12.2. The quantitative estimate of drug-likeness (QED) is 0.807. The average molecular weight is 292 g/mol. The standard InChI is InChI=1S/C15H20N2O4/c1-3-10(2)17-15(19)14(18)16-8-11-9-20-12-6-4-5-7-13(12)21-11/h4-7,10-11H,3,8-9H2,1-2H3,(H,16,18)(H,17,19)/t10-,11-/m1/s1. The molecule has 21 heavy (non-hydrogen) atoms. The van der Waals surface area contributed by atoms with Gasteiger partial charge in [0, 0.05) is 6.04 Å². The maximum absolute atomic E-state index is 11.7. The molecule has 1 aromatic rings. The van der Waals surface area contributed by atoms with Crippen LogP contribution in [0.2, 0.25) is 0 Å². The molecule has 1 aromatic carbocycles. The second-order valence-corrected chi connectivity index (χ2v) is 4.99. The Kier molecular flexibility index (Phi) is 5.03. The number of amides is 2. The Bertz CT molecular complexity index is 518. The summed E-state index contributed by atoms with van der Waals surface area (Å²) in [5.41, 5.74) is 0. The van der Waals surface area contributed by atoms with Gasteiger partial charge in [-0.1, -0.05) is 19.1 Å². The van der Waals surface area contributed by atoms with Crippen molar-refractivity contribution in [1.29, 1.82) is 0 Å². The van der Waals surface area contributed by atoms with E-state index in [0.717, 1.165) is 6.42 Å². The zero-order valence-electron chi connectivity index (χ0n) is 12.2. The van der Waals surface area contributed by atoms with E-state index in [2.05, 4.69) is 10.6 Å². The Labute approximate surface area is 123 Å². The first-order chi connectivity index (χ1) is 10.1. The van der Waals surface area contributed by atoms with Crippen LogP contribution in [0.5, 0.6) is 11.5 Å². The number of nitrogens with one attached hydrogen (secondary N) is 2. The van der Waals surface area contributed by atoms with Crippen LogP contribution in [0.4, 0.5) is 0 Å². The van der Waals surface area contributed by atoms with Crippen molar-refractivity contribution in [2.24, 2.45) is 0 Å².